The Morgan fingerprint density at radius 3 is 2.95 bits per heavy atom. The number of amides is 1. The first-order chi connectivity index (χ1) is 10.2. The summed E-state index contributed by atoms with van der Waals surface area (Å²) in [5, 5.41) is 4.49. The predicted molar refractivity (Wildman–Crippen MR) is 77.1 cm³/mol. The van der Waals surface area contributed by atoms with Crippen molar-refractivity contribution in [1.82, 2.24) is 20.0 Å². The molecule has 3 rings (SSSR count). The van der Waals surface area contributed by atoms with E-state index >= 15 is 0 Å². The molecule has 112 valence electrons. The molecule has 0 aliphatic heterocycles. The summed E-state index contributed by atoms with van der Waals surface area (Å²) in [5.41, 5.74) is 0.463. The number of aromatic nitrogens is 3. The number of nitrogens with one attached hydrogen (secondary N) is 1. The largest absolute Gasteiger partial charge is 0.356 e. The smallest absolute Gasteiger partial charge is 0.270 e. The number of H-pyrrole nitrogens is 1. The topological polar surface area (TPSA) is 75.0 Å². The van der Waals surface area contributed by atoms with Gasteiger partial charge in [0.15, 0.2) is 5.82 Å². The Labute approximate surface area is 127 Å². The molecule has 0 atom stereocenters. The third kappa shape index (κ3) is 2.95. The molecule has 1 amide bonds. The van der Waals surface area contributed by atoms with E-state index in [0.717, 1.165) is 12.8 Å². The molecule has 2 aromatic rings. The van der Waals surface area contributed by atoms with Crippen molar-refractivity contribution in [3.05, 3.63) is 34.7 Å². The normalized spacial score (nSPS) is 15.0. The van der Waals surface area contributed by atoms with Gasteiger partial charge in [-0.1, -0.05) is 23.2 Å². The summed E-state index contributed by atoms with van der Waals surface area (Å²) in [6.07, 6.45) is 5.03. The summed E-state index contributed by atoms with van der Waals surface area (Å²) in [7, 11) is 0. The maximum absolute atomic E-state index is 12.4. The van der Waals surface area contributed by atoms with Gasteiger partial charge in [-0.15, -0.1) is 0 Å². The number of halogens is 1. The molecule has 1 fully saturated rings. The second-order valence-corrected chi connectivity index (χ2v) is 5.66. The van der Waals surface area contributed by atoms with E-state index in [1.807, 2.05) is 6.92 Å². The molecule has 0 unspecified atom stereocenters. The van der Waals surface area contributed by atoms with Crippen LogP contribution < -0.4 is 0 Å². The first-order valence-electron chi connectivity index (χ1n) is 7.13. The lowest BCUT2D eigenvalue weighted by Crippen LogP contribution is -2.31. The van der Waals surface area contributed by atoms with Crippen LogP contribution in [0.3, 0.4) is 0 Å². The van der Waals surface area contributed by atoms with E-state index in [0.29, 0.717) is 41.4 Å². The molecular formula is C14H17ClN4O2. The van der Waals surface area contributed by atoms with Gasteiger partial charge >= 0.3 is 0 Å². The van der Waals surface area contributed by atoms with Crippen LogP contribution in [0.4, 0.5) is 0 Å². The molecule has 1 saturated carbocycles. The summed E-state index contributed by atoms with van der Waals surface area (Å²) in [6, 6.07) is 1.61. The van der Waals surface area contributed by atoms with E-state index in [-0.39, 0.29) is 5.91 Å². The van der Waals surface area contributed by atoms with E-state index < -0.39 is 0 Å². The van der Waals surface area contributed by atoms with E-state index in [4.69, 9.17) is 16.1 Å². The van der Waals surface area contributed by atoms with Crippen LogP contribution >= 0.6 is 11.6 Å². The Kier molecular flexibility index (Phi) is 3.96. The van der Waals surface area contributed by atoms with Gasteiger partial charge in [0.05, 0.1) is 11.6 Å². The van der Waals surface area contributed by atoms with Gasteiger partial charge in [0.1, 0.15) is 5.69 Å². The molecule has 0 aromatic carbocycles. The summed E-state index contributed by atoms with van der Waals surface area (Å²) in [6.45, 7) is 2.81. The molecule has 1 aliphatic rings. The fourth-order valence-corrected chi connectivity index (χ4v) is 2.48. The van der Waals surface area contributed by atoms with Crippen LogP contribution in [-0.2, 0) is 6.54 Å². The van der Waals surface area contributed by atoms with Crippen molar-refractivity contribution < 1.29 is 9.32 Å². The first-order valence-corrected chi connectivity index (χ1v) is 7.51. The standard InChI is InChI=1S/C14H17ClN4O2/c1-2-19(14(20)11-6-10(15)7-16-11)8-12-17-13(21-18-12)9-4-3-5-9/h6-7,9,16H,2-5,8H2,1H3. The van der Waals surface area contributed by atoms with Gasteiger partial charge in [0.25, 0.3) is 5.91 Å². The molecule has 0 saturated heterocycles. The van der Waals surface area contributed by atoms with E-state index in [1.165, 1.54) is 6.42 Å². The zero-order valence-corrected chi connectivity index (χ0v) is 12.6. The number of hydrogen-bond donors (Lipinski definition) is 1. The summed E-state index contributed by atoms with van der Waals surface area (Å²) >= 11 is 5.83. The van der Waals surface area contributed by atoms with E-state index in [9.17, 15) is 4.79 Å². The van der Waals surface area contributed by atoms with Crippen LogP contribution in [0.2, 0.25) is 5.02 Å². The van der Waals surface area contributed by atoms with Crippen LogP contribution in [0.15, 0.2) is 16.8 Å². The van der Waals surface area contributed by atoms with Crippen LogP contribution in [-0.4, -0.2) is 32.5 Å². The maximum Gasteiger partial charge on any atom is 0.270 e. The predicted octanol–water partition coefficient (Wildman–Crippen LogP) is 2.98. The quantitative estimate of drug-likeness (QED) is 0.921. The minimum Gasteiger partial charge on any atom is -0.356 e. The molecule has 0 radical (unpaired) electrons. The minimum absolute atomic E-state index is 0.126. The van der Waals surface area contributed by atoms with Crippen LogP contribution in [0.1, 0.15) is 54.3 Å². The summed E-state index contributed by atoms with van der Waals surface area (Å²) in [5.74, 6) is 1.52. The SMILES string of the molecule is CCN(Cc1noc(C2CCC2)n1)C(=O)c1cc(Cl)c[nH]1. The maximum atomic E-state index is 12.4. The average molecular weight is 309 g/mol. The Morgan fingerprint density at radius 1 is 1.57 bits per heavy atom. The van der Waals surface area contributed by atoms with Gasteiger partial charge in [-0.2, -0.15) is 4.98 Å². The number of rotatable bonds is 5. The highest BCUT2D eigenvalue weighted by Gasteiger charge is 2.26. The highest BCUT2D eigenvalue weighted by Crippen LogP contribution is 2.35. The fraction of sp³-hybridized carbons (Fsp3) is 0.500. The zero-order chi connectivity index (χ0) is 14.8. The number of carbonyl (C=O) groups excluding carboxylic acids is 1. The molecule has 0 bridgehead atoms. The molecule has 6 nitrogen and oxygen atoms in total. The van der Waals surface area contributed by atoms with Gasteiger partial charge in [0, 0.05) is 18.7 Å². The van der Waals surface area contributed by atoms with Gasteiger partial charge in [-0.25, -0.2) is 0 Å². The Balaban J connectivity index is 1.68. The van der Waals surface area contributed by atoms with Crippen molar-refractivity contribution >= 4 is 17.5 Å². The molecule has 2 heterocycles. The molecule has 1 N–H and O–H groups in total. The van der Waals surface area contributed by atoms with Crippen molar-refractivity contribution in [1.29, 1.82) is 0 Å². The van der Waals surface area contributed by atoms with Crippen LogP contribution in [0, 0.1) is 0 Å². The monoisotopic (exact) mass is 308 g/mol. The van der Waals surface area contributed by atoms with Crippen molar-refractivity contribution in [2.45, 2.75) is 38.6 Å². The highest BCUT2D eigenvalue weighted by molar-refractivity contribution is 6.30. The van der Waals surface area contributed by atoms with Crippen molar-refractivity contribution in [2.24, 2.45) is 0 Å². The first kappa shape index (κ1) is 14.1. The Bertz CT molecular complexity index is 632. The number of hydrogen-bond acceptors (Lipinski definition) is 4. The lowest BCUT2D eigenvalue weighted by molar-refractivity contribution is 0.0742. The minimum atomic E-state index is -0.126. The van der Waals surface area contributed by atoms with Crippen LogP contribution in [0.25, 0.3) is 0 Å². The molecule has 2 aromatic heterocycles. The molecule has 1 aliphatic carbocycles. The highest BCUT2D eigenvalue weighted by atomic mass is 35.5. The molecule has 0 spiro atoms. The third-order valence-electron chi connectivity index (χ3n) is 3.82. The average Bonchev–Trinajstić information content (AvgIpc) is 3.03. The van der Waals surface area contributed by atoms with Crippen LogP contribution in [0.5, 0.6) is 0 Å². The zero-order valence-electron chi connectivity index (χ0n) is 11.8. The Hall–Kier alpha value is -1.82. The molecular weight excluding hydrogens is 292 g/mol. The van der Waals surface area contributed by atoms with Crippen molar-refractivity contribution in [3.8, 4) is 0 Å². The number of carbonyl (C=O) groups is 1. The summed E-state index contributed by atoms with van der Waals surface area (Å²) < 4.78 is 5.28. The molecule has 21 heavy (non-hydrogen) atoms. The second-order valence-electron chi connectivity index (χ2n) is 5.23. The lowest BCUT2D eigenvalue weighted by Gasteiger charge is -2.20. The number of nitrogens with zero attached hydrogens (tertiary/aromatic N) is 3. The van der Waals surface area contributed by atoms with Gasteiger partial charge in [0.2, 0.25) is 5.89 Å². The van der Waals surface area contributed by atoms with E-state index in [2.05, 4.69) is 15.1 Å². The van der Waals surface area contributed by atoms with Gasteiger partial charge in [-0.3, -0.25) is 4.79 Å². The third-order valence-corrected chi connectivity index (χ3v) is 4.04. The second kappa shape index (κ2) is 5.89. The van der Waals surface area contributed by atoms with Crippen molar-refractivity contribution in [2.75, 3.05) is 6.54 Å². The van der Waals surface area contributed by atoms with E-state index in [1.54, 1.807) is 17.2 Å². The fourth-order valence-electron chi connectivity index (χ4n) is 2.31. The van der Waals surface area contributed by atoms with Gasteiger partial charge < -0.3 is 14.4 Å². The van der Waals surface area contributed by atoms with Crippen molar-refractivity contribution in [3.63, 3.8) is 0 Å². The Morgan fingerprint density at radius 2 is 2.38 bits per heavy atom. The van der Waals surface area contributed by atoms with Gasteiger partial charge in [-0.05, 0) is 25.8 Å². The lowest BCUT2D eigenvalue weighted by atomic mass is 9.85. The summed E-state index contributed by atoms with van der Waals surface area (Å²) in [4.78, 5) is 21.3. The number of aromatic amines is 1. The molecule has 7 heteroatoms.